The highest BCUT2D eigenvalue weighted by atomic mass is 16.5. The molecule has 0 fully saturated rings. The molecule has 0 aliphatic heterocycles. The van der Waals surface area contributed by atoms with Crippen LogP contribution >= 0.6 is 0 Å². The fourth-order valence-corrected chi connectivity index (χ4v) is 1.37. The van der Waals surface area contributed by atoms with Crippen LogP contribution in [-0.2, 0) is 17.6 Å². The van der Waals surface area contributed by atoms with E-state index in [-0.39, 0.29) is 5.97 Å². The summed E-state index contributed by atoms with van der Waals surface area (Å²) >= 11 is 0. The van der Waals surface area contributed by atoms with Gasteiger partial charge in [0.1, 0.15) is 5.76 Å². The van der Waals surface area contributed by atoms with Crippen LogP contribution in [0.5, 0.6) is 0 Å². The number of hydrogen-bond donors (Lipinski definition) is 0. The second-order valence-electron chi connectivity index (χ2n) is 2.99. The maximum Gasteiger partial charge on any atom is 0.374 e. The summed E-state index contributed by atoms with van der Waals surface area (Å²) in [7, 11) is 0. The molecule has 0 aliphatic carbocycles. The Kier molecular flexibility index (Phi) is 3.74. The number of ether oxygens (including phenoxy) is 1. The van der Waals surface area contributed by atoms with Gasteiger partial charge in [0.25, 0.3) is 0 Å². The van der Waals surface area contributed by atoms with E-state index in [1.54, 1.807) is 13.0 Å². The highest BCUT2D eigenvalue weighted by molar-refractivity contribution is 5.86. The van der Waals surface area contributed by atoms with Gasteiger partial charge in [-0.25, -0.2) is 4.79 Å². The number of esters is 1. The lowest BCUT2D eigenvalue weighted by atomic mass is 10.1. The molecule has 0 spiro atoms. The third kappa shape index (κ3) is 2.16. The molecule has 0 unspecified atom stereocenters. The van der Waals surface area contributed by atoms with Crippen LogP contribution in [-0.4, -0.2) is 12.6 Å². The van der Waals surface area contributed by atoms with Crippen molar-refractivity contribution in [2.24, 2.45) is 0 Å². The molecule has 1 heterocycles. The molecule has 0 saturated heterocycles. The number of furan rings is 1. The Morgan fingerprint density at radius 2 is 2.07 bits per heavy atom. The van der Waals surface area contributed by atoms with E-state index in [9.17, 15) is 4.79 Å². The van der Waals surface area contributed by atoms with Crippen LogP contribution in [0.3, 0.4) is 0 Å². The summed E-state index contributed by atoms with van der Waals surface area (Å²) < 4.78 is 10.2. The zero-order valence-corrected chi connectivity index (χ0v) is 8.92. The predicted octanol–water partition coefficient (Wildman–Crippen LogP) is 2.58. The second-order valence-corrected chi connectivity index (χ2v) is 2.99. The third-order valence-corrected chi connectivity index (χ3v) is 2.08. The minimum Gasteiger partial charge on any atom is -0.460 e. The average molecular weight is 196 g/mol. The SMILES string of the molecule is CCOC(=O)c1cc(CC)c(CC)o1. The fourth-order valence-electron chi connectivity index (χ4n) is 1.37. The van der Waals surface area contributed by atoms with Gasteiger partial charge in [0.05, 0.1) is 6.61 Å². The first kappa shape index (κ1) is 10.8. The molecule has 0 N–H and O–H groups in total. The van der Waals surface area contributed by atoms with Crippen LogP contribution in [0, 0.1) is 0 Å². The molecule has 1 aromatic heterocycles. The monoisotopic (exact) mass is 196 g/mol. The summed E-state index contributed by atoms with van der Waals surface area (Å²) in [5.41, 5.74) is 1.09. The maximum absolute atomic E-state index is 11.3. The minimum absolute atomic E-state index is 0.320. The van der Waals surface area contributed by atoms with E-state index in [2.05, 4.69) is 0 Å². The third-order valence-electron chi connectivity index (χ3n) is 2.08. The number of carbonyl (C=O) groups excluding carboxylic acids is 1. The smallest absolute Gasteiger partial charge is 0.374 e. The molecular weight excluding hydrogens is 180 g/mol. The number of rotatable bonds is 4. The van der Waals surface area contributed by atoms with E-state index in [1.165, 1.54) is 0 Å². The van der Waals surface area contributed by atoms with Crippen LogP contribution in [0.1, 0.15) is 42.6 Å². The standard InChI is InChI=1S/C11H16O3/c1-4-8-7-10(11(12)13-6-3)14-9(8)5-2/h7H,4-6H2,1-3H3. The highest BCUT2D eigenvalue weighted by Gasteiger charge is 2.15. The Morgan fingerprint density at radius 3 is 2.50 bits per heavy atom. The van der Waals surface area contributed by atoms with Crippen molar-refractivity contribution in [1.29, 1.82) is 0 Å². The van der Waals surface area contributed by atoms with Gasteiger partial charge in [0, 0.05) is 6.42 Å². The Bertz CT molecular complexity index is 291. The van der Waals surface area contributed by atoms with E-state index < -0.39 is 0 Å². The van der Waals surface area contributed by atoms with Crippen LogP contribution in [0.2, 0.25) is 0 Å². The average Bonchev–Trinajstić information content (AvgIpc) is 2.61. The number of hydrogen-bond acceptors (Lipinski definition) is 3. The van der Waals surface area contributed by atoms with Gasteiger partial charge in [-0.3, -0.25) is 0 Å². The van der Waals surface area contributed by atoms with Gasteiger partial charge in [0.15, 0.2) is 0 Å². The first-order valence-corrected chi connectivity index (χ1v) is 5.01. The lowest BCUT2D eigenvalue weighted by Crippen LogP contribution is -2.02. The molecule has 3 nitrogen and oxygen atoms in total. The van der Waals surface area contributed by atoms with Crippen LogP contribution in [0.25, 0.3) is 0 Å². The molecule has 78 valence electrons. The van der Waals surface area contributed by atoms with Crippen LogP contribution in [0.15, 0.2) is 10.5 Å². The van der Waals surface area contributed by atoms with Crippen LogP contribution in [0.4, 0.5) is 0 Å². The Labute approximate surface area is 84.1 Å². The topological polar surface area (TPSA) is 39.4 Å². The van der Waals surface area contributed by atoms with Crippen LogP contribution < -0.4 is 0 Å². The summed E-state index contributed by atoms with van der Waals surface area (Å²) in [4.78, 5) is 11.3. The summed E-state index contributed by atoms with van der Waals surface area (Å²) in [5.74, 6) is 0.831. The largest absolute Gasteiger partial charge is 0.460 e. The molecule has 0 atom stereocenters. The van der Waals surface area contributed by atoms with Gasteiger partial charge in [-0.05, 0) is 25.0 Å². The first-order chi connectivity index (χ1) is 6.72. The molecule has 3 heteroatoms. The van der Waals surface area contributed by atoms with Gasteiger partial charge in [0.2, 0.25) is 5.76 Å². The molecule has 0 saturated carbocycles. The van der Waals surface area contributed by atoms with Crippen molar-refractivity contribution in [1.82, 2.24) is 0 Å². The van der Waals surface area contributed by atoms with Crippen molar-refractivity contribution in [3.05, 3.63) is 23.2 Å². The summed E-state index contributed by atoms with van der Waals surface area (Å²) in [6, 6.07) is 1.77. The Balaban J connectivity index is 2.88. The molecule has 0 amide bonds. The van der Waals surface area contributed by atoms with E-state index in [0.717, 1.165) is 24.2 Å². The lowest BCUT2D eigenvalue weighted by molar-refractivity contribution is 0.0488. The molecule has 0 aromatic carbocycles. The predicted molar refractivity (Wildman–Crippen MR) is 53.4 cm³/mol. The summed E-state index contributed by atoms with van der Waals surface area (Å²) in [6.07, 6.45) is 1.69. The summed E-state index contributed by atoms with van der Waals surface area (Å²) in [5, 5.41) is 0. The van der Waals surface area contributed by atoms with Gasteiger partial charge in [-0.2, -0.15) is 0 Å². The van der Waals surface area contributed by atoms with Crippen molar-refractivity contribution >= 4 is 5.97 Å². The fraction of sp³-hybridized carbons (Fsp3) is 0.545. The number of carbonyl (C=O) groups is 1. The van der Waals surface area contributed by atoms with Crippen molar-refractivity contribution in [3.8, 4) is 0 Å². The Morgan fingerprint density at radius 1 is 1.36 bits per heavy atom. The zero-order valence-electron chi connectivity index (χ0n) is 8.92. The molecular formula is C11H16O3. The van der Waals surface area contributed by atoms with Gasteiger partial charge >= 0.3 is 5.97 Å². The molecule has 0 radical (unpaired) electrons. The molecule has 14 heavy (non-hydrogen) atoms. The van der Waals surface area contributed by atoms with E-state index in [0.29, 0.717) is 12.4 Å². The molecule has 0 bridgehead atoms. The molecule has 1 aromatic rings. The molecule has 1 rings (SSSR count). The maximum atomic E-state index is 11.3. The van der Waals surface area contributed by atoms with Gasteiger partial charge in [-0.1, -0.05) is 13.8 Å². The first-order valence-electron chi connectivity index (χ1n) is 5.01. The second kappa shape index (κ2) is 4.84. The quantitative estimate of drug-likeness (QED) is 0.695. The van der Waals surface area contributed by atoms with Crippen molar-refractivity contribution in [3.63, 3.8) is 0 Å². The van der Waals surface area contributed by atoms with E-state index in [1.807, 2.05) is 13.8 Å². The van der Waals surface area contributed by atoms with Crippen molar-refractivity contribution < 1.29 is 13.9 Å². The highest BCUT2D eigenvalue weighted by Crippen LogP contribution is 2.17. The molecule has 0 aliphatic rings. The minimum atomic E-state index is -0.373. The normalized spacial score (nSPS) is 10.2. The van der Waals surface area contributed by atoms with E-state index in [4.69, 9.17) is 9.15 Å². The number of aryl methyl sites for hydroxylation is 2. The Hall–Kier alpha value is -1.25. The summed E-state index contributed by atoms with van der Waals surface area (Å²) in [6.45, 7) is 6.20. The lowest BCUT2D eigenvalue weighted by Gasteiger charge is -1.96. The van der Waals surface area contributed by atoms with Gasteiger partial charge < -0.3 is 9.15 Å². The van der Waals surface area contributed by atoms with Gasteiger partial charge in [-0.15, -0.1) is 0 Å². The zero-order chi connectivity index (χ0) is 10.6. The van der Waals surface area contributed by atoms with Crippen molar-refractivity contribution in [2.75, 3.05) is 6.61 Å². The van der Waals surface area contributed by atoms with E-state index >= 15 is 0 Å². The van der Waals surface area contributed by atoms with Crippen molar-refractivity contribution in [2.45, 2.75) is 33.6 Å².